The average Bonchev–Trinajstić information content (AvgIpc) is 3.11. The minimum absolute atomic E-state index is 0.184. The van der Waals surface area contributed by atoms with Gasteiger partial charge in [0.15, 0.2) is 5.65 Å². The summed E-state index contributed by atoms with van der Waals surface area (Å²) >= 11 is 6.20. The zero-order chi connectivity index (χ0) is 17.9. The summed E-state index contributed by atoms with van der Waals surface area (Å²) in [4.78, 5) is 14.7. The number of carbonyl (C=O) groups is 1. The maximum absolute atomic E-state index is 12.7. The molecule has 1 atom stereocenters. The summed E-state index contributed by atoms with van der Waals surface area (Å²) in [5.74, 6) is 1.36. The molecule has 0 bridgehead atoms. The minimum Gasteiger partial charge on any atom is -0.342 e. The maximum Gasteiger partial charge on any atom is 0.222 e. The lowest BCUT2D eigenvalue weighted by atomic mass is 9.96. The van der Waals surface area contributed by atoms with Gasteiger partial charge in [-0.1, -0.05) is 35.9 Å². The van der Waals surface area contributed by atoms with Crippen molar-refractivity contribution in [3.63, 3.8) is 0 Å². The van der Waals surface area contributed by atoms with Crippen molar-refractivity contribution in [1.29, 1.82) is 0 Å². The van der Waals surface area contributed by atoms with Crippen LogP contribution in [0.3, 0.4) is 0 Å². The molecule has 0 radical (unpaired) electrons. The third-order valence-corrected chi connectivity index (χ3v) is 5.41. The van der Waals surface area contributed by atoms with E-state index in [1.165, 1.54) is 0 Å². The Kier molecular flexibility index (Phi) is 4.89. The van der Waals surface area contributed by atoms with Crippen LogP contribution < -0.4 is 0 Å². The van der Waals surface area contributed by atoms with Crippen molar-refractivity contribution in [2.45, 2.75) is 31.6 Å². The molecule has 2 aromatic heterocycles. The van der Waals surface area contributed by atoms with E-state index in [0.29, 0.717) is 19.4 Å². The van der Waals surface area contributed by atoms with Gasteiger partial charge in [-0.3, -0.25) is 9.20 Å². The monoisotopic (exact) mass is 368 g/mol. The van der Waals surface area contributed by atoms with E-state index in [4.69, 9.17) is 11.6 Å². The molecule has 1 amide bonds. The van der Waals surface area contributed by atoms with Crippen LogP contribution in [0.4, 0.5) is 0 Å². The Hall–Kier alpha value is -2.40. The number of amides is 1. The summed E-state index contributed by atoms with van der Waals surface area (Å²) < 4.78 is 2.03. The van der Waals surface area contributed by atoms with Gasteiger partial charge in [0.25, 0.3) is 0 Å². The molecule has 0 unspecified atom stereocenters. The van der Waals surface area contributed by atoms with Gasteiger partial charge in [0, 0.05) is 36.6 Å². The molecule has 1 aliphatic rings. The molecule has 1 fully saturated rings. The highest BCUT2D eigenvalue weighted by atomic mass is 35.5. The predicted molar refractivity (Wildman–Crippen MR) is 101 cm³/mol. The number of benzene rings is 1. The van der Waals surface area contributed by atoms with E-state index in [-0.39, 0.29) is 11.8 Å². The number of nitrogens with zero attached hydrogens (tertiary/aromatic N) is 4. The highest BCUT2D eigenvalue weighted by Gasteiger charge is 2.27. The Bertz CT molecular complexity index is 923. The van der Waals surface area contributed by atoms with Crippen molar-refractivity contribution in [2.24, 2.45) is 0 Å². The fraction of sp³-hybridized carbons (Fsp3) is 0.350. The average molecular weight is 369 g/mol. The van der Waals surface area contributed by atoms with Gasteiger partial charge in [-0.05, 0) is 43.0 Å². The predicted octanol–water partition coefficient (Wildman–Crippen LogP) is 3.72. The van der Waals surface area contributed by atoms with Crippen LogP contribution in [0.15, 0.2) is 48.7 Å². The highest BCUT2D eigenvalue weighted by molar-refractivity contribution is 6.31. The van der Waals surface area contributed by atoms with E-state index in [1.54, 1.807) is 0 Å². The lowest BCUT2D eigenvalue weighted by Crippen LogP contribution is -2.39. The Morgan fingerprint density at radius 2 is 2.00 bits per heavy atom. The van der Waals surface area contributed by atoms with Crippen LogP contribution in [0.5, 0.6) is 0 Å². The summed E-state index contributed by atoms with van der Waals surface area (Å²) in [5.41, 5.74) is 1.88. The summed E-state index contributed by atoms with van der Waals surface area (Å²) in [6, 6.07) is 13.6. The van der Waals surface area contributed by atoms with Gasteiger partial charge in [-0.15, -0.1) is 10.2 Å². The first-order valence-corrected chi connectivity index (χ1v) is 9.41. The summed E-state index contributed by atoms with van der Waals surface area (Å²) in [6.45, 7) is 1.52. The molecule has 6 heteroatoms. The van der Waals surface area contributed by atoms with Crippen molar-refractivity contribution in [3.05, 3.63) is 65.1 Å². The molecule has 5 nitrogen and oxygen atoms in total. The molecular formula is C20H21ClN4O. The van der Waals surface area contributed by atoms with Crippen molar-refractivity contribution in [3.8, 4) is 0 Å². The lowest BCUT2D eigenvalue weighted by molar-refractivity contribution is -0.132. The van der Waals surface area contributed by atoms with E-state index in [1.807, 2.05) is 58.0 Å². The molecule has 1 saturated heterocycles. The summed E-state index contributed by atoms with van der Waals surface area (Å²) in [6.07, 6.45) is 5.17. The number of hydrogen-bond donors (Lipinski definition) is 0. The number of carbonyl (C=O) groups excluding carboxylic acids is 1. The van der Waals surface area contributed by atoms with Crippen molar-refractivity contribution in [1.82, 2.24) is 19.5 Å². The number of hydrogen-bond acceptors (Lipinski definition) is 3. The molecule has 0 spiro atoms. The minimum atomic E-state index is 0.184. The van der Waals surface area contributed by atoms with Crippen LogP contribution in [-0.2, 0) is 11.2 Å². The molecule has 0 aliphatic carbocycles. The quantitative estimate of drug-likeness (QED) is 0.705. The van der Waals surface area contributed by atoms with Gasteiger partial charge < -0.3 is 4.90 Å². The van der Waals surface area contributed by atoms with Gasteiger partial charge >= 0.3 is 0 Å². The van der Waals surface area contributed by atoms with Crippen LogP contribution >= 0.6 is 11.6 Å². The van der Waals surface area contributed by atoms with Crippen molar-refractivity contribution < 1.29 is 4.79 Å². The molecule has 3 heterocycles. The van der Waals surface area contributed by atoms with Gasteiger partial charge in [0.1, 0.15) is 5.82 Å². The van der Waals surface area contributed by atoms with Gasteiger partial charge in [-0.2, -0.15) is 0 Å². The Labute approximate surface area is 157 Å². The second-order valence-corrected chi connectivity index (χ2v) is 7.16. The molecule has 1 aliphatic heterocycles. The number of aryl methyl sites for hydroxylation is 1. The number of piperidine rings is 1. The van der Waals surface area contributed by atoms with Gasteiger partial charge in [0.2, 0.25) is 5.91 Å². The van der Waals surface area contributed by atoms with Crippen molar-refractivity contribution >= 4 is 23.2 Å². The fourth-order valence-electron chi connectivity index (χ4n) is 3.65. The normalized spacial score (nSPS) is 17.6. The number of likely N-dealkylation sites (tertiary alicyclic amines) is 1. The first-order valence-electron chi connectivity index (χ1n) is 9.03. The zero-order valence-corrected chi connectivity index (χ0v) is 15.3. The molecular weight excluding hydrogens is 348 g/mol. The second kappa shape index (κ2) is 7.46. The van der Waals surface area contributed by atoms with E-state index >= 15 is 0 Å². The molecule has 4 rings (SSSR count). The number of aromatic nitrogens is 3. The first kappa shape index (κ1) is 17.0. The Balaban J connectivity index is 1.43. The van der Waals surface area contributed by atoms with Crippen LogP contribution in [0.1, 0.15) is 36.6 Å². The molecule has 0 N–H and O–H groups in total. The van der Waals surface area contributed by atoms with E-state index in [9.17, 15) is 4.79 Å². The largest absolute Gasteiger partial charge is 0.342 e. The number of halogens is 1. The maximum atomic E-state index is 12.7. The van der Waals surface area contributed by atoms with Crippen molar-refractivity contribution in [2.75, 3.05) is 13.1 Å². The summed E-state index contributed by atoms with van der Waals surface area (Å²) in [7, 11) is 0. The molecule has 1 aromatic carbocycles. The van der Waals surface area contributed by atoms with E-state index < -0.39 is 0 Å². The molecule has 3 aromatic rings. The van der Waals surface area contributed by atoms with Gasteiger partial charge in [-0.25, -0.2) is 0 Å². The third-order valence-electron chi connectivity index (χ3n) is 5.05. The van der Waals surface area contributed by atoms with Crippen LogP contribution in [0.2, 0.25) is 5.02 Å². The zero-order valence-electron chi connectivity index (χ0n) is 14.5. The SMILES string of the molecule is O=C(CCc1ccccc1Cl)N1CCC[C@@H](c2nnc3ccccn23)C1. The number of rotatable bonds is 4. The van der Waals surface area contributed by atoms with Crippen LogP contribution in [0.25, 0.3) is 5.65 Å². The topological polar surface area (TPSA) is 50.5 Å². The fourth-order valence-corrected chi connectivity index (χ4v) is 3.88. The smallest absolute Gasteiger partial charge is 0.222 e. The molecule has 26 heavy (non-hydrogen) atoms. The van der Waals surface area contributed by atoms with Crippen LogP contribution in [-0.4, -0.2) is 38.5 Å². The second-order valence-electron chi connectivity index (χ2n) is 6.76. The van der Waals surface area contributed by atoms with E-state index in [2.05, 4.69) is 10.2 Å². The molecule has 134 valence electrons. The third kappa shape index (κ3) is 3.44. The first-order chi connectivity index (χ1) is 12.7. The number of pyridine rings is 1. The highest BCUT2D eigenvalue weighted by Crippen LogP contribution is 2.27. The Morgan fingerprint density at radius 3 is 2.88 bits per heavy atom. The van der Waals surface area contributed by atoms with E-state index in [0.717, 1.165) is 41.4 Å². The lowest BCUT2D eigenvalue weighted by Gasteiger charge is -2.32. The van der Waals surface area contributed by atoms with Gasteiger partial charge in [0.05, 0.1) is 0 Å². The Morgan fingerprint density at radius 1 is 1.15 bits per heavy atom. The summed E-state index contributed by atoms with van der Waals surface area (Å²) in [5, 5.41) is 9.35. The van der Waals surface area contributed by atoms with Crippen LogP contribution in [0, 0.1) is 0 Å². The molecule has 0 saturated carbocycles. The number of fused-ring (bicyclic) bond motifs is 1. The standard InChI is InChI=1S/C20H21ClN4O/c21-17-8-2-1-6-15(17)10-11-19(26)24-12-5-7-16(14-24)20-23-22-18-9-3-4-13-25(18)20/h1-4,6,8-9,13,16H,5,7,10-12,14H2/t16-/m1/s1.